The maximum Gasteiger partial charge on any atom is 0.0131 e. The van der Waals surface area contributed by atoms with Crippen LogP contribution in [0.3, 0.4) is 0 Å². The molecule has 0 amide bonds. The molecule has 0 saturated heterocycles. The molecule has 0 spiro atoms. The zero-order valence-electron chi connectivity index (χ0n) is 23.7. The van der Waals surface area contributed by atoms with Crippen molar-refractivity contribution in [2.45, 2.75) is 0 Å². The van der Waals surface area contributed by atoms with Gasteiger partial charge in [0.2, 0.25) is 0 Å². The van der Waals surface area contributed by atoms with Crippen LogP contribution < -0.4 is 0 Å². The van der Waals surface area contributed by atoms with Crippen LogP contribution in [0.5, 0.6) is 0 Å². The Kier molecular flexibility index (Phi) is 8.34. The lowest BCUT2D eigenvalue weighted by Crippen LogP contribution is -2.18. The van der Waals surface area contributed by atoms with Crippen LogP contribution in [-0.2, 0) is 0 Å². The smallest absolute Gasteiger partial charge is 0.0131 e. The number of fused-ring (bicyclic) bond motifs is 2. The first kappa shape index (κ1) is 27.0. The summed E-state index contributed by atoms with van der Waals surface area (Å²) in [7, 11) is 0. The highest BCUT2D eigenvalue weighted by molar-refractivity contribution is 5.95. The van der Waals surface area contributed by atoms with E-state index in [1.807, 2.05) is 6.07 Å². The van der Waals surface area contributed by atoms with Gasteiger partial charge in [0.1, 0.15) is 0 Å². The van der Waals surface area contributed by atoms with Gasteiger partial charge >= 0.3 is 0 Å². The van der Waals surface area contributed by atoms with Crippen molar-refractivity contribution in [3.8, 4) is 0 Å². The SMILES string of the molecule is C=C(/C=C(\C=C\c1ccccc1)c1ccccc1)\C1=C/C=C\C=C/C=C(\c2cccc3ccccc23)C2C=CC=CC12. The molecular formula is C42H34. The first-order valence-corrected chi connectivity index (χ1v) is 14.6. The lowest BCUT2D eigenvalue weighted by molar-refractivity contribution is 0.656. The Morgan fingerprint density at radius 2 is 1.26 bits per heavy atom. The fourth-order valence-corrected chi connectivity index (χ4v) is 5.82. The third-order valence-electron chi connectivity index (χ3n) is 7.90. The number of allylic oxidation sites excluding steroid dienone is 16. The molecular weight excluding hydrogens is 504 g/mol. The molecule has 2 aliphatic carbocycles. The van der Waals surface area contributed by atoms with Gasteiger partial charge in [-0.2, -0.15) is 0 Å². The molecule has 2 atom stereocenters. The highest BCUT2D eigenvalue weighted by Crippen LogP contribution is 2.42. The molecule has 0 nitrogen and oxygen atoms in total. The van der Waals surface area contributed by atoms with E-state index < -0.39 is 0 Å². The molecule has 6 rings (SSSR count). The van der Waals surface area contributed by atoms with Gasteiger partial charge < -0.3 is 0 Å². The van der Waals surface area contributed by atoms with Gasteiger partial charge in [-0.15, -0.1) is 0 Å². The minimum absolute atomic E-state index is 0.134. The molecule has 2 unspecified atom stereocenters. The van der Waals surface area contributed by atoms with Crippen molar-refractivity contribution in [3.63, 3.8) is 0 Å². The maximum atomic E-state index is 4.66. The summed E-state index contributed by atoms with van der Waals surface area (Å²) < 4.78 is 0. The summed E-state index contributed by atoms with van der Waals surface area (Å²) in [4.78, 5) is 0. The van der Waals surface area contributed by atoms with Crippen LogP contribution in [0.4, 0.5) is 0 Å². The maximum absolute atomic E-state index is 4.66. The molecule has 0 heteroatoms. The Morgan fingerprint density at radius 3 is 2.07 bits per heavy atom. The largest absolute Gasteiger partial charge is 0.0914 e. The molecule has 0 heterocycles. The lowest BCUT2D eigenvalue weighted by Gasteiger charge is -2.30. The van der Waals surface area contributed by atoms with Gasteiger partial charge in [0, 0.05) is 11.8 Å². The molecule has 4 aromatic rings. The molecule has 42 heavy (non-hydrogen) atoms. The fourth-order valence-electron chi connectivity index (χ4n) is 5.82. The number of rotatable bonds is 6. The quantitative estimate of drug-likeness (QED) is 0.214. The predicted molar refractivity (Wildman–Crippen MR) is 183 cm³/mol. The van der Waals surface area contributed by atoms with Gasteiger partial charge in [-0.1, -0.05) is 183 Å². The zero-order chi connectivity index (χ0) is 28.6. The number of hydrogen-bond acceptors (Lipinski definition) is 0. The molecule has 0 radical (unpaired) electrons. The van der Waals surface area contributed by atoms with E-state index in [-0.39, 0.29) is 11.8 Å². The Balaban J connectivity index is 1.43. The predicted octanol–water partition coefficient (Wildman–Crippen LogP) is 11.0. The molecule has 0 fully saturated rings. The summed E-state index contributed by atoms with van der Waals surface area (Å²) in [6, 6.07) is 36.3. The van der Waals surface area contributed by atoms with E-state index in [9.17, 15) is 0 Å². The standard InChI is InChI=1S/C42H34/c1-32(31-36(34-19-8-5-9-20-34)30-29-33-17-6-4-7-18-33)37-23-10-2-3-11-25-42(41-27-15-14-26-39(37)41)40-28-16-22-35-21-12-13-24-38(35)40/h2-31,39,41H,1H2/b10-2-,11-3-,30-29+,36-31+,37-23+,42-25+. The summed E-state index contributed by atoms with van der Waals surface area (Å²) in [5.41, 5.74) is 8.25. The van der Waals surface area contributed by atoms with Crippen molar-refractivity contribution in [3.05, 3.63) is 210 Å². The topological polar surface area (TPSA) is 0 Å². The van der Waals surface area contributed by atoms with Crippen LogP contribution in [0.25, 0.3) is 28.0 Å². The second-order valence-electron chi connectivity index (χ2n) is 10.6. The first-order valence-electron chi connectivity index (χ1n) is 14.6. The van der Waals surface area contributed by atoms with Crippen LogP contribution in [0.1, 0.15) is 16.7 Å². The second-order valence-corrected chi connectivity index (χ2v) is 10.6. The Hall–Kier alpha value is -5.20. The third-order valence-corrected chi connectivity index (χ3v) is 7.90. The van der Waals surface area contributed by atoms with E-state index in [4.69, 9.17) is 0 Å². The average Bonchev–Trinajstić information content (AvgIpc) is 3.05. The molecule has 0 aromatic heterocycles. The first-order chi connectivity index (χ1) is 20.8. The van der Waals surface area contributed by atoms with E-state index in [0.717, 1.165) is 16.7 Å². The summed E-state index contributed by atoms with van der Waals surface area (Å²) in [6.45, 7) is 4.66. The highest BCUT2D eigenvalue weighted by atomic mass is 14.3. The molecule has 0 bridgehead atoms. The minimum atomic E-state index is 0.134. The average molecular weight is 539 g/mol. The molecule has 202 valence electrons. The van der Waals surface area contributed by atoms with Crippen molar-refractivity contribution in [1.29, 1.82) is 0 Å². The molecule has 4 aromatic carbocycles. The fraction of sp³-hybridized carbons (Fsp3) is 0.0476. The van der Waals surface area contributed by atoms with Gasteiger partial charge in [-0.05, 0) is 55.8 Å². The van der Waals surface area contributed by atoms with Crippen LogP contribution in [0.15, 0.2) is 194 Å². The van der Waals surface area contributed by atoms with Crippen LogP contribution in [-0.4, -0.2) is 0 Å². The van der Waals surface area contributed by atoms with Crippen molar-refractivity contribution in [1.82, 2.24) is 0 Å². The Labute approximate surface area is 249 Å². The van der Waals surface area contributed by atoms with Gasteiger partial charge in [-0.25, -0.2) is 0 Å². The minimum Gasteiger partial charge on any atom is -0.0914 e. The molecule has 0 saturated carbocycles. The normalized spacial score (nSPS) is 22.5. The van der Waals surface area contributed by atoms with E-state index in [2.05, 4.69) is 183 Å². The van der Waals surface area contributed by atoms with Crippen molar-refractivity contribution >= 4 is 28.0 Å². The second kappa shape index (κ2) is 13.0. The summed E-state index contributed by atoms with van der Waals surface area (Å²) in [6.07, 6.45) is 28.7. The van der Waals surface area contributed by atoms with Crippen molar-refractivity contribution in [2.24, 2.45) is 11.8 Å². The molecule has 2 aliphatic rings. The van der Waals surface area contributed by atoms with Gasteiger partial charge in [0.25, 0.3) is 0 Å². The van der Waals surface area contributed by atoms with E-state index >= 15 is 0 Å². The van der Waals surface area contributed by atoms with Crippen molar-refractivity contribution in [2.75, 3.05) is 0 Å². The van der Waals surface area contributed by atoms with Gasteiger partial charge in [0.15, 0.2) is 0 Å². The van der Waals surface area contributed by atoms with Crippen LogP contribution in [0.2, 0.25) is 0 Å². The van der Waals surface area contributed by atoms with E-state index in [1.54, 1.807) is 0 Å². The van der Waals surface area contributed by atoms with Crippen molar-refractivity contribution < 1.29 is 0 Å². The van der Waals surface area contributed by atoms with Gasteiger partial charge in [-0.3, -0.25) is 0 Å². The summed E-state index contributed by atoms with van der Waals surface area (Å²) in [5.74, 6) is 0.295. The van der Waals surface area contributed by atoms with E-state index in [1.165, 1.54) is 33.0 Å². The van der Waals surface area contributed by atoms with Crippen LogP contribution in [0, 0.1) is 11.8 Å². The Bertz CT molecular complexity index is 1810. The summed E-state index contributed by atoms with van der Waals surface area (Å²) >= 11 is 0. The number of hydrogen-bond donors (Lipinski definition) is 0. The molecule has 0 aliphatic heterocycles. The highest BCUT2D eigenvalue weighted by Gasteiger charge is 2.28. The van der Waals surface area contributed by atoms with E-state index in [0.29, 0.717) is 0 Å². The number of benzene rings is 4. The van der Waals surface area contributed by atoms with Crippen LogP contribution >= 0.6 is 0 Å². The monoisotopic (exact) mass is 538 g/mol. The third kappa shape index (κ3) is 6.09. The lowest BCUT2D eigenvalue weighted by atomic mass is 9.73. The van der Waals surface area contributed by atoms with Gasteiger partial charge in [0.05, 0.1) is 0 Å². The Morgan fingerprint density at radius 1 is 0.595 bits per heavy atom. The zero-order valence-corrected chi connectivity index (χ0v) is 23.7. The molecule has 0 N–H and O–H groups in total. The summed E-state index contributed by atoms with van der Waals surface area (Å²) in [5, 5.41) is 2.53.